The Hall–Kier alpha value is -3.48. The molecule has 0 bridgehead atoms. The van der Waals surface area contributed by atoms with Crippen molar-refractivity contribution >= 4 is 29.4 Å². The minimum Gasteiger partial charge on any atom is -0.465 e. The van der Waals surface area contributed by atoms with Gasteiger partial charge in [-0.3, -0.25) is 9.59 Å². The molecule has 2 aromatic carbocycles. The highest BCUT2D eigenvalue weighted by Crippen LogP contribution is 2.29. The van der Waals surface area contributed by atoms with Crippen molar-refractivity contribution < 1.29 is 28.7 Å². The number of benzene rings is 2. The average molecular weight is 353 g/mol. The Morgan fingerprint density at radius 3 is 2.12 bits per heavy atom. The number of carbonyl (C=O) groups excluding carboxylic acids is 4. The van der Waals surface area contributed by atoms with E-state index in [2.05, 4.69) is 4.74 Å². The van der Waals surface area contributed by atoms with Crippen LogP contribution in [0.15, 0.2) is 42.5 Å². The van der Waals surface area contributed by atoms with Gasteiger partial charge in [0, 0.05) is 0 Å². The van der Waals surface area contributed by atoms with Crippen LogP contribution in [0.2, 0.25) is 0 Å². The van der Waals surface area contributed by atoms with Gasteiger partial charge in [0.2, 0.25) is 0 Å². The van der Waals surface area contributed by atoms with Gasteiger partial charge in [-0.25, -0.2) is 14.5 Å². The molecule has 0 N–H and O–H groups in total. The van der Waals surface area contributed by atoms with Gasteiger partial charge in [-0.15, -0.1) is 0 Å². The number of esters is 2. The highest BCUT2D eigenvalue weighted by molar-refractivity contribution is 6.34. The Kier molecular flexibility index (Phi) is 4.53. The van der Waals surface area contributed by atoms with Crippen LogP contribution >= 0.6 is 0 Å². The number of rotatable bonds is 4. The van der Waals surface area contributed by atoms with Crippen LogP contribution in [0.4, 0.5) is 5.69 Å². The molecular weight excluding hydrogens is 338 g/mol. The topological polar surface area (TPSA) is 90.0 Å². The maximum absolute atomic E-state index is 12.7. The molecule has 0 unspecified atom stereocenters. The van der Waals surface area contributed by atoms with Crippen molar-refractivity contribution in [3.8, 4) is 0 Å². The summed E-state index contributed by atoms with van der Waals surface area (Å²) < 4.78 is 9.53. The smallest absolute Gasteiger partial charge is 0.338 e. The third-order valence-corrected chi connectivity index (χ3v) is 3.94. The quantitative estimate of drug-likeness (QED) is 0.619. The van der Waals surface area contributed by atoms with E-state index in [0.717, 1.165) is 4.90 Å². The van der Waals surface area contributed by atoms with Crippen molar-refractivity contribution in [2.75, 3.05) is 18.6 Å². The van der Waals surface area contributed by atoms with Gasteiger partial charge in [0.1, 0.15) is 0 Å². The Morgan fingerprint density at radius 2 is 1.50 bits per heavy atom. The second-order valence-corrected chi connectivity index (χ2v) is 5.47. The predicted molar refractivity (Wildman–Crippen MR) is 91.3 cm³/mol. The van der Waals surface area contributed by atoms with Crippen LogP contribution in [0, 0.1) is 0 Å². The molecule has 1 heterocycles. The highest BCUT2D eigenvalue weighted by Gasteiger charge is 2.37. The fourth-order valence-electron chi connectivity index (χ4n) is 2.68. The van der Waals surface area contributed by atoms with Crippen molar-refractivity contribution in [2.45, 2.75) is 6.92 Å². The molecule has 0 saturated heterocycles. The average Bonchev–Trinajstić information content (AvgIpc) is 2.91. The molecule has 26 heavy (non-hydrogen) atoms. The van der Waals surface area contributed by atoms with Gasteiger partial charge in [-0.05, 0) is 49.4 Å². The summed E-state index contributed by atoms with van der Waals surface area (Å²) in [6.07, 6.45) is 0. The van der Waals surface area contributed by atoms with Crippen LogP contribution in [-0.2, 0) is 9.47 Å². The number of anilines is 1. The van der Waals surface area contributed by atoms with Crippen molar-refractivity contribution in [2.24, 2.45) is 0 Å². The van der Waals surface area contributed by atoms with E-state index in [1.807, 2.05) is 0 Å². The van der Waals surface area contributed by atoms with Crippen LogP contribution < -0.4 is 4.90 Å². The van der Waals surface area contributed by atoms with Crippen molar-refractivity contribution in [3.05, 3.63) is 64.7 Å². The molecule has 0 spiro atoms. The van der Waals surface area contributed by atoms with E-state index >= 15 is 0 Å². The first-order valence-corrected chi connectivity index (χ1v) is 7.86. The molecule has 2 aromatic rings. The lowest BCUT2D eigenvalue weighted by Crippen LogP contribution is -2.29. The predicted octanol–water partition coefficient (Wildman–Crippen LogP) is 2.45. The lowest BCUT2D eigenvalue weighted by molar-refractivity contribution is 0.0525. The first kappa shape index (κ1) is 17.3. The monoisotopic (exact) mass is 353 g/mol. The zero-order chi connectivity index (χ0) is 18.8. The van der Waals surface area contributed by atoms with E-state index in [-0.39, 0.29) is 23.3 Å². The minimum absolute atomic E-state index is 0.137. The van der Waals surface area contributed by atoms with Crippen LogP contribution in [0.3, 0.4) is 0 Å². The Morgan fingerprint density at radius 1 is 0.885 bits per heavy atom. The van der Waals surface area contributed by atoms with E-state index < -0.39 is 23.8 Å². The summed E-state index contributed by atoms with van der Waals surface area (Å²) >= 11 is 0. The van der Waals surface area contributed by atoms with E-state index in [4.69, 9.17) is 4.74 Å². The van der Waals surface area contributed by atoms with Gasteiger partial charge >= 0.3 is 11.9 Å². The highest BCUT2D eigenvalue weighted by atomic mass is 16.5. The second kappa shape index (κ2) is 6.79. The Balaban J connectivity index is 1.93. The van der Waals surface area contributed by atoms with Crippen molar-refractivity contribution in [1.82, 2.24) is 0 Å². The number of carbonyl (C=O) groups is 4. The van der Waals surface area contributed by atoms with Crippen LogP contribution in [-0.4, -0.2) is 37.5 Å². The molecule has 0 fully saturated rings. The van der Waals surface area contributed by atoms with Gasteiger partial charge in [-0.1, -0.05) is 0 Å². The number of fused-ring (bicyclic) bond motifs is 1. The lowest BCUT2D eigenvalue weighted by atomic mass is 10.1. The van der Waals surface area contributed by atoms with Gasteiger partial charge in [0.25, 0.3) is 11.8 Å². The fraction of sp³-hybridized carbons (Fsp3) is 0.158. The zero-order valence-electron chi connectivity index (χ0n) is 14.1. The molecule has 7 nitrogen and oxygen atoms in total. The molecule has 132 valence electrons. The molecule has 0 aliphatic carbocycles. The molecular formula is C19H15NO6. The van der Waals surface area contributed by atoms with Crippen LogP contribution in [0.1, 0.15) is 48.4 Å². The number of hydrogen-bond acceptors (Lipinski definition) is 6. The third kappa shape index (κ3) is 2.83. The molecule has 0 radical (unpaired) electrons. The number of hydrogen-bond donors (Lipinski definition) is 0. The maximum atomic E-state index is 12.7. The number of imide groups is 1. The zero-order valence-corrected chi connectivity index (χ0v) is 14.1. The number of amides is 2. The second-order valence-electron chi connectivity index (χ2n) is 5.47. The summed E-state index contributed by atoms with van der Waals surface area (Å²) in [5, 5.41) is 0. The summed E-state index contributed by atoms with van der Waals surface area (Å²) in [6, 6.07) is 10.1. The molecule has 1 aliphatic heterocycles. The van der Waals surface area contributed by atoms with Crippen LogP contribution in [0.25, 0.3) is 0 Å². The normalized spacial score (nSPS) is 12.8. The standard InChI is InChI=1S/C19H15NO6/c1-3-26-19(24)12-6-9-14-15(10-12)17(22)20(16(14)21)13-7-4-11(5-8-13)18(23)25-2/h4-10H,3H2,1-2H3. The summed E-state index contributed by atoms with van der Waals surface area (Å²) in [7, 11) is 1.27. The minimum atomic E-state index is -0.559. The van der Waals surface area contributed by atoms with Crippen molar-refractivity contribution in [3.63, 3.8) is 0 Å². The molecule has 3 rings (SSSR count). The van der Waals surface area contributed by atoms with E-state index in [9.17, 15) is 19.2 Å². The molecule has 1 aliphatic rings. The van der Waals surface area contributed by atoms with E-state index in [1.165, 1.54) is 49.6 Å². The lowest BCUT2D eigenvalue weighted by Gasteiger charge is -2.14. The molecule has 0 saturated carbocycles. The van der Waals surface area contributed by atoms with E-state index in [0.29, 0.717) is 11.3 Å². The SMILES string of the molecule is CCOC(=O)c1ccc2c(c1)C(=O)N(c1ccc(C(=O)OC)cc1)C2=O. The Labute approximate surface area is 149 Å². The fourth-order valence-corrected chi connectivity index (χ4v) is 2.68. The van der Waals surface area contributed by atoms with E-state index in [1.54, 1.807) is 6.92 Å². The first-order valence-electron chi connectivity index (χ1n) is 7.86. The summed E-state index contributed by atoms with van der Waals surface area (Å²) in [4.78, 5) is 49.6. The van der Waals surface area contributed by atoms with Gasteiger partial charge < -0.3 is 9.47 Å². The van der Waals surface area contributed by atoms with Gasteiger partial charge in [0.05, 0.1) is 41.7 Å². The molecule has 2 amide bonds. The molecule has 0 atom stereocenters. The van der Waals surface area contributed by atoms with Crippen molar-refractivity contribution in [1.29, 1.82) is 0 Å². The summed E-state index contributed by atoms with van der Waals surface area (Å²) in [6.45, 7) is 1.89. The van der Waals surface area contributed by atoms with Gasteiger partial charge in [0.15, 0.2) is 0 Å². The first-order chi connectivity index (χ1) is 12.5. The maximum Gasteiger partial charge on any atom is 0.338 e. The number of methoxy groups -OCH3 is 1. The summed E-state index contributed by atoms with van der Waals surface area (Å²) in [5.74, 6) is -2.11. The third-order valence-electron chi connectivity index (χ3n) is 3.94. The Bertz CT molecular complexity index is 916. The van der Waals surface area contributed by atoms with Crippen LogP contribution in [0.5, 0.6) is 0 Å². The largest absolute Gasteiger partial charge is 0.465 e. The van der Waals surface area contributed by atoms with Gasteiger partial charge in [-0.2, -0.15) is 0 Å². The molecule has 7 heteroatoms. The number of ether oxygens (including phenoxy) is 2. The molecule has 0 aromatic heterocycles. The number of nitrogens with zero attached hydrogens (tertiary/aromatic N) is 1. The summed E-state index contributed by atoms with van der Waals surface area (Å²) in [5.41, 5.74) is 1.17.